The van der Waals surface area contributed by atoms with E-state index in [9.17, 15) is 0 Å². The van der Waals surface area contributed by atoms with E-state index in [0.717, 1.165) is 5.57 Å². The summed E-state index contributed by atoms with van der Waals surface area (Å²) in [5.74, 6) is 5.43. The summed E-state index contributed by atoms with van der Waals surface area (Å²) in [5.41, 5.74) is 0.785. The van der Waals surface area contributed by atoms with Crippen molar-refractivity contribution in [1.29, 1.82) is 0 Å². The quantitative estimate of drug-likeness (QED) is 0.498. The van der Waals surface area contributed by atoms with Crippen LogP contribution in [0.2, 0.25) is 0 Å². The van der Waals surface area contributed by atoms with Gasteiger partial charge in [0.1, 0.15) is 0 Å². The standard InChI is InChI=1S/C7H10O/c1-3-5-7(4-2)6-8/h4,8H,6H2,1-2H3/b7-4+. The van der Waals surface area contributed by atoms with Crippen molar-refractivity contribution in [2.75, 3.05) is 6.61 Å². The molecule has 0 aliphatic carbocycles. The Morgan fingerprint density at radius 2 is 2.38 bits per heavy atom. The molecule has 1 heteroatoms. The molecule has 0 aromatic rings. The molecule has 0 fully saturated rings. The molecule has 0 amide bonds. The largest absolute Gasteiger partial charge is 0.391 e. The first kappa shape index (κ1) is 7.26. The predicted octanol–water partition coefficient (Wildman–Crippen LogP) is 0.948. The molecule has 0 bridgehead atoms. The van der Waals surface area contributed by atoms with Gasteiger partial charge in [-0.2, -0.15) is 0 Å². The van der Waals surface area contributed by atoms with Crippen molar-refractivity contribution in [3.8, 4) is 11.8 Å². The molecular formula is C7H10O. The Labute approximate surface area is 50.0 Å². The molecule has 8 heavy (non-hydrogen) atoms. The van der Waals surface area contributed by atoms with Crippen LogP contribution in [0.4, 0.5) is 0 Å². The third-order valence-corrected chi connectivity index (χ3v) is 0.804. The summed E-state index contributed by atoms with van der Waals surface area (Å²) in [6.07, 6.45) is 1.80. The van der Waals surface area contributed by atoms with Gasteiger partial charge in [0.25, 0.3) is 0 Å². The second-order valence-corrected chi connectivity index (χ2v) is 1.35. The number of rotatable bonds is 1. The van der Waals surface area contributed by atoms with Gasteiger partial charge in [0.05, 0.1) is 6.61 Å². The van der Waals surface area contributed by atoms with E-state index in [1.165, 1.54) is 0 Å². The molecule has 0 heterocycles. The smallest absolute Gasteiger partial charge is 0.0756 e. The van der Waals surface area contributed by atoms with Gasteiger partial charge in [-0.1, -0.05) is 12.0 Å². The van der Waals surface area contributed by atoms with Crippen LogP contribution >= 0.6 is 0 Å². The van der Waals surface area contributed by atoms with Gasteiger partial charge in [-0.05, 0) is 13.8 Å². The van der Waals surface area contributed by atoms with Crippen LogP contribution < -0.4 is 0 Å². The van der Waals surface area contributed by atoms with Crippen LogP contribution in [0.25, 0.3) is 0 Å². The molecule has 44 valence electrons. The van der Waals surface area contributed by atoms with Crippen molar-refractivity contribution in [1.82, 2.24) is 0 Å². The van der Waals surface area contributed by atoms with Gasteiger partial charge in [-0.3, -0.25) is 0 Å². The second kappa shape index (κ2) is 4.42. The van der Waals surface area contributed by atoms with E-state index in [0.29, 0.717) is 0 Å². The molecule has 0 aromatic carbocycles. The van der Waals surface area contributed by atoms with Crippen LogP contribution in [0.15, 0.2) is 11.6 Å². The summed E-state index contributed by atoms with van der Waals surface area (Å²) in [5, 5.41) is 8.49. The van der Waals surface area contributed by atoms with E-state index >= 15 is 0 Å². The van der Waals surface area contributed by atoms with Crippen molar-refractivity contribution in [2.24, 2.45) is 0 Å². The van der Waals surface area contributed by atoms with Crippen LogP contribution in [0.5, 0.6) is 0 Å². The normalized spacial score (nSPS) is 10.1. The lowest BCUT2D eigenvalue weighted by Gasteiger charge is -1.85. The zero-order valence-corrected chi connectivity index (χ0v) is 5.23. The molecule has 0 saturated carbocycles. The van der Waals surface area contributed by atoms with Gasteiger partial charge in [-0.15, -0.1) is 5.92 Å². The summed E-state index contributed by atoms with van der Waals surface area (Å²) >= 11 is 0. The van der Waals surface area contributed by atoms with Gasteiger partial charge >= 0.3 is 0 Å². The van der Waals surface area contributed by atoms with Gasteiger partial charge in [0.15, 0.2) is 0 Å². The molecule has 0 radical (unpaired) electrons. The summed E-state index contributed by atoms with van der Waals surface area (Å²) in [6.45, 7) is 3.66. The molecule has 0 unspecified atom stereocenters. The maximum absolute atomic E-state index is 8.49. The van der Waals surface area contributed by atoms with E-state index in [-0.39, 0.29) is 6.61 Å². The van der Waals surface area contributed by atoms with Crippen LogP contribution in [-0.4, -0.2) is 11.7 Å². The first-order valence-electron chi connectivity index (χ1n) is 2.54. The first-order valence-corrected chi connectivity index (χ1v) is 2.54. The molecule has 0 rings (SSSR count). The Kier molecular flexibility index (Phi) is 4.01. The van der Waals surface area contributed by atoms with Crippen molar-refractivity contribution in [3.63, 3.8) is 0 Å². The highest BCUT2D eigenvalue weighted by Crippen LogP contribution is 1.86. The number of aliphatic hydroxyl groups is 1. The van der Waals surface area contributed by atoms with Crippen LogP contribution in [0, 0.1) is 11.8 Å². The monoisotopic (exact) mass is 110 g/mol. The summed E-state index contributed by atoms with van der Waals surface area (Å²) in [7, 11) is 0. The highest BCUT2D eigenvalue weighted by Gasteiger charge is 1.80. The third kappa shape index (κ3) is 2.44. The summed E-state index contributed by atoms with van der Waals surface area (Å²) in [6, 6.07) is 0. The molecular weight excluding hydrogens is 100 g/mol. The van der Waals surface area contributed by atoms with E-state index in [4.69, 9.17) is 5.11 Å². The minimum atomic E-state index is 0.0529. The second-order valence-electron chi connectivity index (χ2n) is 1.35. The van der Waals surface area contributed by atoms with Crippen LogP contribution in [0.3, 0.4) is 0 Å². The van der Waals surface area contributed by atoms with Crippen molar-refractivity contribution < 1.29 is 5.11 Å². The van der Waals surface area contributed by atoms with E-state index < -0.39 is 0 Å². The first-order chi connectivity index (χ1) is 3.85. The highest BCUT2D eigenvalue weighted by molar-refractivity contribution is 5.27. The van der Waals surface area contributed by atoms with Gasteiger partial charge in [0, 0.05) is 5.57 Å². The fourth-order valence-corrected chi connectivity index (χ4v) is 0.364. The Bertz CT molecular complexity index is 134. The number of hydrogen-bond donors (Lipinski definition) is 1. The molecule has 1 nitrogen and oxygen atoms in total. The number of aliphatic hydroxyl groups excluding tert-OH is 1. The zero-order chi connectivity index (χ0) is 6.41. The van der Waals surface area contributed by atoms with Gasteiger partial charge in [0.2, 0.25) is 0 Å². The Morgan fingerprint density at radius 1 is 1.75 bits per heavy atom. The minimum absolute atomic E-state index is 0.0529. The fourth-order valence-electron chi connectivity index (χ4n) is 0.364. The maximum atomic E-state index is 8.49. The fraction of sp³-hybridized carbons (Fsp3) is 0.429. The third-order valence-electron chi connectivity index (χ3n) is 0.804. The lowest BCUT2D eigenvalue weighted by Crippen LogP contribution is -1.83. The maximum Gasteiger partial charge on any atom is 0.0756 e. The molecule has 0 saturated heterocycles. The van der Waals surface area contributed by atoms with E-state index in [1.54, 1.807) is 13.0 Å². The van der Waals surface area contributed by atoms with Crippen molar-refractivity contribution in [2.45, 2.75) is 13.8 Å². The Balaban J connectivity index is 3.86. The average molecular weight is 110 g/mol. The van der Waals surface area contributed by atoms with Crippen LogP contribution in [-0.2, 0) is 0 Å². The van der Waals surface area contributed by atoms with Crippen molar-refractivity contribution >= 4 is 0 Å². The average Bonchev–Trinajstić information content (AvgIpc) is 1.83. The molecule has 0 aromatic heterocycles. The van der Waals surface area contributed by atoms with E-state index in [1.807, 2.05) is 6.92 Å². The Hall–Kier alpha value is -0.740. The van der Waals surface area contributed by atoms with Gasteiger partial charge < -0.3 is 5.11 Å². The van der Waals surface area contributed by atoms with Gasteiger partial charge in [-0.25, -0.2) is 0 Å². The predicted molar refractivity (Wildman–Crippen MR) is 34.3 cm³/mol. The van der Waals surface area contributed by atoms with Crippen LogP contribution in [0.1, 0.15) is 13.8 Å². The lowest BCUT2D eigenvalue weighted by molar-refractivity contribution is 0.336. The molecule has 0 atom stereocenters. The molecule has 0 aliphatic heterocycles. The Morgan fingerprint density at radius 3 is 2.50 bits per heavy atom. The highest BCUT2D eigenvalue weighted by atomic mass is 16.3. The zero-order valence-electron chi connectivity index (χ0n) is 5.23. The summed E-state index contributed by atoms with van der Waals surface area (Å²) in [4.78, 5) is 0. The number of allylic oxidation sites excluding steroid dienone is 1. The molecule has 0 spiro atoms. The SMILES string of the molecule is CC#C/C(=C\C)CO. The summed E-state index contributed by atoms with van der Waals surface area (Å²) < 4.78 is 0. The number of hydrogen-bond acceptors (Lipinski definition) is 1. The molecule has 1 N–H and O–H groups in total. The topological polar surface area (TPSA) is 20.2 Å². The lowest BCUT2D eigenvalue weighted by atomic mass is 10.3. The van der Waals surface area contributed by atoms with E-state index in [2.05, 4.69) is 11.8 Å². The van der Waals surface area contributed by atoms with Crippen molar-refractivity contribution in [3.05, 3.63) is 11.6 Å². The minimum Gasteiger partial charge on any atom is -0.391 e. The molecule has 0 aliphatic rings.